The first-order valence-corrected chi connectivity index (χ1v) is 11.7. The molecular formula is C25H20ClN3O5S. The van der Waals surface area contributed by atoms with Crippen LogP contribution in [0.5, 0.6) is 17.2 Å². The van der Waals surface area contributed by atoms with Crippen molar-refractivity contribution in [2.24, 2.45) is 10.2 Å². The van der Waals surface area contributed by atoms with Crippen LogP contribution in [0.4, 0.5) is 16.2 Å². The lowest BCUT2D eigenvalue weighted by atomic mass is 10.1. The highest BCUT2D eigenvalue weighted by atomic mass is 35.5. The Morgan fingerprint density at radius 3 is 2.49 bits per heavy atom. The van der Waals surface area contributed by atoms with E-state index in [1.807, 2.05) is 6.07 Å². The third kappa shape index (κ3) is 6.00. The van der Waals surface area contributed by atoms with E-state index in [0.717, 1.165) is 16.7 Å². The number of nitrogens with zero attached hydrogens (tertiary/aromatic N) is 3. The molecule has 0 aromatic heterocycles. The molecule has 8 nitrogen and oxygen atoms in total. The van der Waals surface area contributed by atoms with E-state index in [0.29, 0.717) is 33.5 Å². The molecule has 0 spiro atoms. The van der Waals surface area contributed by atoms with Crippen LogP contribution < -0.4 is 9.47 Å². The van der Waals surface area contributed by atoms with E-state index in [4.69, 9.17) is 21.1 Å². The average Bonchev–Trinajstić information content (AvgIpc) is 3.12. The zero-order valence-corrected chi connectivity index (χ0v) is 20.1. The van der Waals surface area contributed by atoms with Crippen LogP contribution in [-0.2, 0) is 4.79 Å². The van der Waals surface area contributed by atoms with Crippen molar-refractivity contribution in [3.8, 4) is 17.2 Å². The quantitative estimate of drug-likeness (QED) is 0.272. The number of azo groups is 1. The number of aromatic hydroxyl groups is 1. The van der Waals surface area contributed by atoms with Crippen LogP contribution >= 0.6 is 23.4 Å². The smallest absolute Gasteiger partial charge is 0.293 e. The van der Waals surface area contributed by atoms with Gasteiger partial charge in [-0.1, -0.05) is 29.8 Å². The number of phenolic OH excluding ortho intramolecular Hbond substituents is 1. The monoisotopic (exact) mass is 509 g/mol. The third-order valence-electron chi connectivity index (χ3n) is 4.90. The molecule has 1 aliphatic rings. The topological polar surface area (TPSA) is 101 Å². The van der Waals surface area contributed by atoms with Crippen LogP contribution in [0.25, 0.3) is 6.08 Å². The maximum absolute atomic E-state index is 12.8. The number of hydrogen-bond donors (Lipinski definition) is 1. The Kier molecular flexibility index (Phi) is 7.69. The standard InChI is InChI=1S/C25H20ClN3O5S/c1-33-21-7-2-3-8-22(21)34-12-11-29-24(31)23(35-25(29)32)14-16-13-19(9-10-20(16)30)28-27-18-6-4-5-17(26)15-18/h2-10,13-15,30H,11-12H2,1H3/b23-14-,28-27?. The van der Waals surface area contributed by atoms with Crippen molar-refractivity contribution in [2.45, 2.75) is 0 Å². The summed E-state index contributed by atoms with van der Waals surface area (Å²) in [4.78, 5) is 26.5. The molecule has 0 unspecified atom stereocenters. The number of ether oxygens (including phenoxy) is 2. The Labute approximate surface area is 210 Å². The fraction of sp³-hybridized carbons (Fsp3) is 0.120. The predicted octanol–water partition coefficient (Wildman–Crippen LogP) is 6.58. The maximum Gasteiger partial charge on any atom is 0.293 e. The molecule has 10 heteroatoms. The minimum Gasteiger partial charge on any atom is -0.507 e. The van der Waals surface area contributed by atoms with Gasteiger partial charge in [0.15, 0.2) is 11.5 Å². The lowest BCUT2D eigenvalue weighted by molar-refractivity contribution is -0.123. The number of imide groups is 1. The zero-order chi connectivity index (χ0) is 24.8. The summed E-state index contributed by atoms with van der Waals surface area (Å²) in [7, 11) is 1.53. The number of phenols is 1. The summed E-state index contributed by atoms with van der Waals surface area (Å²) in [5.74, 6) is 0.558. The molecule has 0 saturated carbocycles. The predicted molar refractivity (Wildman–Crippen MR) is 135 cm³/mol. The summed E-state index contributed by atoms with van der Waals surface area (Å²) in [5, 5.41) is 18.7. The molecule has 2 amide bonds. The Bertz CT molecular complexity index is 1330. The lowest BCUT2D eigenvalue weighted by Crippen LogP contribution is -2.32. The number of hydrogen-bond acceptors (Lipinski definition) is 8. The minimum atomic E-state index is -0.464. The number of halogens is 1. The average molecular weight is 510 g/mol. The SMILES string of the molecule is COc1ccccc1OCCN1C(=O)S/C(=C\c2cc(N=Nc3cccc(Cl)c3)ccc2O)C1=O. The number of carbonyl (C=O) groups is 2. The second-order valence-electron chi connectivity index (χ2n) is 7.26. The van der Waals surface area contributed by atoms with E-state index >= 15 is 0 Å². The van der Waals surface area contributed by atoms with Crippen LogP contribution in [0.15, 0.2) is 81.9 Å². The molecule has 0 bridgehead atoms. The van der Waals surface area contributed by atoms with Gasteiger partial charge in [0, 0.05) is 10.6 Å². The van der Waals surface area contributed by atoms with Crippen LogP contribution in [0.1, 0.15) is 5.56 Å². The van der Waals surface area contributed by atoms with Crippen molar-refractivity contribution in [2.75, 3.05) is 20.3 Å². The number of amides is 2. The molecule has 1 N–H and O–H groups in total. The van der Waals surface area contributed by atoms with E-state index in [9.17, 15) is 14.7 Å². The molecule has 3 aromatic rings. The van der Waals surface area contributed by atoms with Crippen LogP contribution in [0.3, 0.4) is 0 Å². The van der Waals surface area contributed by atoms with Gasteiger partial charge in [0.25, 0.3) is 11.1 Å². The largest absolute Gasteiger partial charge is 0.507 e. The molecule has 1 saturated heterocycles. The Morgan fingerprint density at radius 1 is 1.00 bits per heavy atom. The van der Waals surface area contributed by atoms with Crippen molar-refractivity contribution < 1.29 is 24.2 Å². The van der Waals surface area contributed by atoms with Gasteiger partial charge in [-0.3, -0.25) is 14.5 Å². The van der Waals surface area contributed by atoms with Gasteiger partial charge < -0.3 is 14.6 Å². The Morgan fingerprint density at radius 2 is 1.74 bits per heavy atom. The normalized spacial score (nSPS) is 14.8. The van der Waals surface area contributed by atoms with Crippen molar-refractivity contribution in [3.63, 3.8) is 0 Å². The highest BCUT2D eigenvalue weighted by molar-refractivity contribution is 8.18. The fourth-order valence-electron chi connectivity index (χ4n) is 3.19. The van der Waals surface area contributed by atoms with Gasteiger partial charge in [-0.2, -0.15) is 10.2 Å². The first kappa shape index (κ1) is 24.3. The second-order valence-corrected chi connectivity index (χ2v) is 8.69. The molecule has 1 aliphatic heterocycles. The van der Waals surface area contributed by atoms with E-state index in [2.05, 4.69) is 10.2 Å². The Balaban J connectivity index is 1.45. The van der Waals surface area contributed by atoms with E-state index in [1.54, 1.807) is 54.6 Å². The van der Waals surface area contributed by atoms with E-state index < -0.39 is 11.1 Å². The molecule has 0 aliphatic carbocycles. The summed E-state index contributed by atoms with van der Waals surface area (Å²) in [6.45, 7) is 0.177. The molecule has 1 fully saturated rings. The van der Waals surface area contributed by atoms with Crippen LogP contribution in [-0.4, -0.2) is 41.4 Å². The fourth-order valence-corrected chi connectivity index (χ4v) is 4.23. The molecule has 1 heterocycles. The summed E-state index contributed by atoms with van der Waals surface area (Å²) >= 11 is 6.76. The number of rotatable bonds is 8. The molecule has 178 valence electrons. The molecule has 0 atom stereocenters. The molecule has 35 heavy (non-hydrogen) atoms. The lowest BCUT2D eigenvalue weighted by Gasteiger charge is -2.14. The first-order valence-electron chi connectivity index (χ1n) is 10.5. The van der Waals surface area contributed by atoms with Crippen molar-refractivity contribution in [3.05, 3.63) is 82.2 Å². The first-order chi connectivity index (χ1) is 16.9. The van der Waals surface area contributed by atoms with Gasteiger partial charge in [0.2, 0.25) is 0 Å². The molecular weight excluding hydrogens is 490 g/mol. The van der Waals surface area contributed by atoms with Gasteiger partial charge in [-0.15, -0.1) is 0 Å². The Hall–Kier alpha value is -3.82. The van der Waals surface area contributed by atoms with Gasteiger partial charge in [0.05, 0.1) is 29.9 Å². The van der Waals surface area contributed by atoms with E-state index in [1.165, 1.54) is 19.3 Å². The summed E-state index contributed by atoms with van der Waals surface area (Å²) in [6.07, 6.45) is 1.46. The maximum atomic E-state index is 12.8. The van der Waals surface area contributed by atoms with Gasteiger partial charge >= 0.3 is 0 Å². The van der Waals surface area contributed by atoms with Gasteiger partial charge in [0.1, 0.15) is 12.4 Å². The number of carbonyl (C=O) groups excluding carboxylic acids is 2. The highest BCUT2D eigenvalue weighted by Crippen LogP contribution is 2.35. The van der Waals surface area contributed by atoms with Crippen molar-refractivity contribution in [1.82, 2.24) is 4.90 Å². The number of para-hydroxylation sites is 2. The number of methoxy groups -OCH3 is 1. The highest BCUT2D eigenvalue weighted by Gasteiger charge is 2.35. The number of thioether (sulfide) groups is 1. The van der Waals surface area contributed by atoms with Crippen LogP contribution in [0.2, 0.25) is 5.02 Å². The van der Waals surface area contributed by atoms with Crippen LogP contribution in [0, 0.1) is 0 Å². The number of benzene rings is 3. The summed E-state index contributed by atoms with van der Waals surface area (Å²) < 4.78 is 10.9. The van der Waals surface area contributed by atoms with E-state index in [-0.39, 0.29) is 23.8 Å². The van der Waals surface area contributed by atoms with Gasteiger partial charge in [-0.05, 0) is 66.4 Å². The minimum absolute atomic E-state index is 0.0574. The summed E-state index contributed by atoms with van der Waals surface area (Å²) in [5.41, 5.74) is 1.37. The van der Waals surface area contributed by atoms with Crippen molar-refractivity contribution >= 4 is 52.0 Å². The van der Waals surface area contributed by atoms with Crippen molar-refractivity contribution in [1.29, 1.82) is 0 Å². The zero-order valence-electron chi connectivity index (χ0n) is 18.6. The molecule has 4 rings (SSSR count). The summed E-state index contributed by atoms with van der Waals surface area (Å²) in [6, 6.07) is 18.6. The third-order valence-corrected chi connectivity index (χ3v) is 6.04. The molecule has 3 aromatic carbocycles. The molecule has 0 radical (unpaired) electrons. The van der Waals surface area contributed by atoms with Gasteiger partial charge in [-0.25, -0.2) is 0 Å². The second kappa shape index (κ2) is 11.1.